The number of hydrogen-bond acceptors (Lipinski definition) is 4. The van der Waals surface area contributed by atoms with E-state index in [9.17, 15) is 18.0 Å². The monoisotopic (exact) mass is 308 g/mol. The lowest BCUT2D eigenvalue weighted by atomic mass is 10.2. The molecule has 1 amide bonds. The third-order valence-corrected chi connectivity index (χ3v) is 3.12. The molecule has 0 saturated heterocycles. The van der Waals surface area contributed by atoms with Crippen molar-refractivity contribution in [3.8, 4) is 0 Å². The summed E-state index contributed by atoms with van der Waals surface area (Å²) in [6.45, 7) is 0. The van der Waals surface area contributed by atoms with E-state index in [1.807, 2.05) is 0 Å². The minimum absolute atomic E-state index is 0.0791. The highest BCUT2D eigenvalue weighted by atomic mass is 19.2. The smallest absolute Gasteiger partial charge is 0.259 e. The molecule has 0 unspecified atom stereocenters. The lowest BCUT2D eigenvalue weighted by Gasteiger charge is -2.07. The summed E-state index contributed by atoms with van der Waals surface area (Å²) in [5, 5.41) is 13.0. The molecule has 3 rings (SSSR count). The maximum Gasteiger partial charge on any atom is 0.259 e. The van der Waals surface area contributed by atoms with E-state index in [4.69, 9.17) is 0 Å². The quantitative estimate of drug-likeness (QED) is 0.852. The fourth-order valence-corrected chi connectivity index (χ4v) is 1.80. The van der Waals surface area contributed by atoms with Gasteiger partial charge in [-0.15, -0.1) is 10.2 Å². The first-order valence-corrected chi connectivity index (χ1v) is 6.59. The molecule has 114 valence electrons. The van der Waals surface area contributed by atoms with Crippen LogP contribution in [-0.2, 0) is 0 Å². The lowest BCUT2D eigenvalue weighted by Crippen LogP contribution is -2.16. The standard InChI is InChI=1S/C14H11F3N4O/c15-9-4-3-8(12(16)13(9)17)14(22)19-11-6-5-10(20-21-11)18-7-1-2-7/h3-7H,1-2H2,(H,18,20)(H,19,21,22). The maximum absolute atomic E-state index is 13.5. The zero-order valence-corrected chi connectivity index (χ0v) is 11.2. The molecule has 2 N–H and O–H groups in total. The van der Waals surface area contributed by atoms with Crippen molar-refractivity contribution in [3.63, 3.8) is 0 Å². The van der Waals surface area contributed by atoms with Gasteiger partial charge >= 0.3 is 0 Å². The summed E-state index contributed by atoms with van der Waals surface area (Å²) >= 11 is 0. The van der Waals surface area contributed by atoms with Crippen LogP contribution < -0.4 is 10.6 Å². The zero-order valence-electron chi connectivity index (χ0n) is 11.2. The number of nitrogens with zero attached hydrogens (tertiary/aromatic N) is 2. The van der Waals surface area contributed by atoms with Crippen molar-refractivity contribution in [1.82, 2.24) is 10.2 Å². The van der Waals surface area contributed by atoms with Gasteiger partial charge in [-0.2, -0.15) is 0 Å². The van der Waals surface area contributed by atoms with Crippen molar-refractivity contribution in [2.45, 2.75) is 18.9 Å². The summed E-state index contributed by atoms with van der Waals surface area (Å²) in [5.41, 5.74) is -0.610. The first kappa shape index (κ1) is 14.3. The molecule has 0 aliphatic heterocycles. The summed E-state index contributed by atoms with van der Waals surface area (Å²) in [7, 11) is 0. The molecule has 0 radical (unpaired) electrons. The molecule has 0 bridgehead atoms. The topological polar surface area (TPSA) is 66.9 Å². The highest BCUT2D eigenvalue weighted by Crippen LogP contribution is 2.23. The Morgan fingerprint density at radius 2 is 1.68 bits per heavy atom. The van der Waals surface area contributed by atoms with Crippen LogP contribution in [0.25, 0.3) is 0 Å². The molecule has 1 aromatic carbocycles. The second-order valence-electron chi connectivity index (χ2n) is 4.90. The van der Waals surface area contributed by atoms with E-state index in [1.165, 1.54) is 6.07 Å². The number of rotatable bonds is 4. The minimum Gasteiger partial charge on any atom is -0.366 e. The predicted molar refractivity (Wildman–Crippen MR) is 72.9 cm³/mol. The van der Waals surface area contributed by atoms with Crippen molar-refractivity contribution < 1.29 is 18.0 Å². The number of carbonyl (C=O) groups excluding carboxylic acids is 1. The minimum atomic E-state index is -1.69. The number of anilines is 2. The molecule has 1 fully saturated rings. The van der Waals surface area contributed by atoms with Gasteiger partial charge in [0.15, 0.2) is 23.3 Å². The molecule has 22 heavy (non-hydrogen) atoms. The Morgan fingerprint density at radius 1 is 1.00 bits per heavy atom. The van der Waals surface area contributed by atoms with E-state index in [1.54, 1.807) is 6.07 Å². The van der Waals surface area contributed by atoms with Gasteiger partial charge < -0.3 is 10.6 Å². The predicted octanol–water partition coefficient (Wildman–Crippen LogP) is 2.72. The molecule has 8 heteroatoms. The lowest BCUT2D eigenvalue weighted by molar-refractivity contribution is 0.102. The number of nitrogens with one attached hydrogen (secondary N) is 2. The number of aromatic nitrogens is 2. The van der Waals surface area contributed by atoms with Crippen LogP contribution in [-0.4, -0.2) is 22.1 Å². The fraction of sp³-hybridized carbons (Fsp3) is 0.214. The number of hydrogen-bond donors (Lipinski definition) is 2. The van der Waals surface area contributed by atoms with Gasteiger partial charge in [0.2, 0.25) is 0 Å². The van der Waals surface area contributed by atoms with Gasteiger partial charge in [-0.1, -0.05) is 0 Å². The Labute approximate surface area is 123 Å². The second-order valence-corrected chi connectivity index (χ2v) is 4.90. The molecule has 1 aromatic heterocycles. The molecular weight excluding hydrogens is 297 g/mol. The molecule has 0 atom stereocenters. The second kappa shape index (κ2) is 5.63. The van der Waals surface area contributed by atoms with Gasteiger partial charge in [0, 0.05) is 6.04 Å². The number of carbonyl (C=O) groups is 1. The summed E-state index contributed by atoms with van der Waals surface area (Å²) in [5.74, 6) is -4.88. The van der Waals surface area contributed by atoms with E-state index in [2.05, 4.69) is 20.8 Å². The summed E-state index contributed by atoms with van der Waals surface area (Å²) in [6, 6.07) is 5.04. The van der Waals surface area contributed by atoms with Crippen LogP contribution >= 0.6 is 0 Å². The summed E-state index contributed by atoms with van der Waals surface area (Å²) in [6.07, 6.45) is 2.16. The Bertz CT molecular complexity index is 717. The van der Waals surface area contributed by atoms with Crippen molar-refractivity contribution in [1.29, 1.82) is 0 Å². The maximum atomic E-state index is 13.5. The number of halogens is 3. The highest BCUT2D eigenvalue weighted by Gasteiger charge is 2.22. The van der Waals surface area contributed by atoms with E-state index >= 15 is 0 Å². The Morgan fingerprint density at radius 3 is 2.32 bits per heavy atom. The Hall–Kier alpha value is -2.64. The molecule has 0 spiro atoms. The highest BCUT2D eigenvalue weighted by molar-refractivity contribution is 6.03. The first-order chi connectivity index (χ1) is 10.5. The van der Waals surface area contributed by atoms with Crippen LogP contribution in [0.2, 0.25) is 0 Å². The average Bonchev–Trinajstić information content (AvgIpc) is 3.31. The number of amides is 1. The van der Waals surface area contributed by atoms with Gasteiger partial charge in [0.1, 0.15) is 5.82 Å². The van der Waals surface area contributed by atoms with Crippen molar-refractivity contribution >= 4 is 17.5 Å². The van der Waals surface area contributed by atoms with Crippen LogP contribution in [0.15, 0.2) is 24.3 Å². The molecule has 1 aliphatic rings. The molecular formula is C14H11F3N4O. The SMILES string of the molecule is O=C(Nc1ccc(NC2CC2)nn1)c1ccc(F)c(F)c1F. The van der Waals surface area contributed by atoms with E-state index in [-0.39, 0.29) is 5.82 Å². The van der Waals surface area contributed by atoms with Gasteiger partial charge in [0.05, 0.1) is 5.56 Å². The third kappa shape index (κ3) is 3.00. The fourth-order valence-electron chi connectivity index (χ4n) is 1.80. The van der Waals surface area contributed by atoms with Gasteiger partial charge in [-0.3, -0.25) is 4.79 Å². The van der Waals surface area contributed by atoms with Crippen LogP contribution in [0.5, 0.6) is 0 Å². The van der Waals surface area contributed by atoms with Crippen molar-refractivity contribution in [2.24, 2.45) is 0 Å². The first-order valence-electron chi connectivity index (χ1n) is 6.59. The largest absolute Gasteiger partial charge is 0.366 e. The Balaban J connectivity index is 1.72. The third-order valence-electron chi connectivity index (χ3n) is 3.12. The van der Waals surface area contributed by atoms with Crippen LogP contribution in [0.3, 0.4) is 0 Å². The van der Waals surface area contributed by atoms with E-state index in [0.717, 1.165) is 18.9 Å². The molecule has 1 heterocycles. The van der Waals surface area contributed by atoms with Crippen LogP contribution in [0.1, 0.15) is 23.2 Å². The zero-order chi connectivity index (χ0) is 15.7. The van der Waals surface area contributed by atoms with Crippen LogP contribution in [0.4, 0.5) is 24.8 Å². The van der Waals surface area contributed by atoms with Gasteiger partial charge in [-0.05, 0) is 37.1 Å². The molecule has 1 saturated carbocycles. The van der Waals surface area contributed by atoms with E-state index in [0.29, 0.717) is 17.9 Å². The van der Waals surface area contributed by atoms with E-state index < -0.39 is 28.9 Å². The summed E-state index contributed by atoms with van der Waals surface area (Å²) in [4.78, 5) is 11.8. The van der Waals surface area contributed by atoms with Crippen LogP contribution in [0, 0.1) is 17.5 Å². The normalized spacial score (nSPS) is 13.8. The average molecular weight is 308 g/mol. The molecule has 2 aromatic rings. The van der Waals surface area contributed by atoms with Crippen molar-refractivity contribution in [3.05, 3.63) is 47.3 Å². The molecule has 1 aliphatic carbocycles. The summed E-state index contributed by atoms with van der Waals surface area (Å²) < 4.78 is 39.4. The van der Waals surface area contributed by atoms with Gasteiger partial charge in [0.25, 0.3) is 5.91 Å². The van der Waals surface area contributed by atoms with Crippen molar-refractivity contribution in [2.75, 3.05) is 10.6 Å². The van der Waals surface area contributed by atoms with Gasteiger partial charge in [-0.25, -0.2) is 13.2 Å². The number of benzene rings is 1. The molecule has 5 nitrogen and oxygen atoms in total. The Kier molecular flexibility index (Phi) is 3.66.